The number of amides is 4. The van der Waals surface area contributed by atoms with Gasteiger partial charge in [-0.2, -0.15) is 0 Å². The zero-order chi connectivity index (χ0) is 11.8. The molecule has 5 nitrogen and oxygen atoms in total. The molecule has 4 amide bonds. The van der Waals surface area contributed by atoms with Gasteiger partial charge in [0, 0.05) is 7.05 Å². The van der Waals surface area contributed by atoms with E-state index in [0.29, 0.717) is 12.0 Å². The molecule has 0 aromatic carbocycles. The van der Waals surface area contributed by atoms with E-state index in [4.69, 9.17) is 0 Å². The first-order valence-electron chi connectivity index (χ1n) is 4.67. The molecule has 1 unspecified atom stereocenters. The van der Waals surface area contributed by atoms with Gasteiger partial charge in [-0.15, -0.1) is 0 Å². The molecule has 1 aliphatic heterocycles. The van der Waals surface area contributed by atoms with Crippen molar-refractivity contribution < 1.29 is 43.9 Å². The molecule has 0 aromatic heterocycles. The summed E-state index contributed by atoms with van der Waals surface area (Å²) in [5.74, 6) is -1.09. The standard InChI is InChI=1S/C10H14N2O3.Na/c1-5-10(6(2)3)7(13)11-9(15)12(4)8(10)14;/h2,5H2,1,3-4H3,(H,11,13,15);/q;+1. The fourth-order valence-corrected chi connectivity index (χ4v) is 1.75. The van der Waals surface area contributed by atoms with E-state index in [2.05, 4.69) is 11.9 Å². The van der Waals surface area contributed by atoms with E-state index in [0.717, 1.165) is 4.90 Å². The topological polar surface area (TPSA) is 66.5 Å². The Hall–Kier alpha value is -0.650. The molecule has 0 aliphatic carbocycles. The summed E-state index contributed by atoms with van der Waals surface area (Å²) < 4.78 is 0. The molecule has 82 valence electrons. The maximum Gasteiger partial charge on any atom is 1.00 e. The number of barbiturate groups is 1. The molecule has 1 atom stereocenters. The summed E-state index contributed by atoms with van der Waals surface area (Å²) in [4.78, 5) is 35.7. The van der Waals surface area contributed by atoms with Crippen LogP contribution in [0.5, 0.6) is 0 Å². The van der Waals surface area contributed by atoms with E-state index in [9.17, 15) is 14.4 Å². The van der Waals surface area contributed by atoms with Crippen LogP contribution in [0.25, 0.3) is 0 Å². The van der Waals surface area contributed by atoms with Crippen molar-refractivity contribution in [3.05, 3.63) is 12.2 Å². The van der Waals surface area contributed by atoms with Crippen LogP contribution < -0.4 is 34.9 Å². The van der Waals surface area contributed by atoms with Crippen LogP contribution in [0.4, 0.5) is 4.79 Å². The van der Waals surface area contributed by atoms with Gasteiger partial charge in [-0.05, 0) is 13.3 Å². The predicted molar refractivity (Wildman–Crippen MR) is 53.8 cm³/mol. The molecule has 1 rings (SSSR count). The number of imide groups is 2. The maximum absolute atomic E-state index is 11.9. The van der Waals surface area contributed by atoms with Gasteiger partial charge in [0.05, 0.1) is 0 Å². The van der Waals surface area contributed by atoms with Crippen LogP contribution in [0.15, 0.2) is 12.2 Å². The molecular formula is C10H14N2NaO3+. The third-order valence-corrected chi connectivity index (χ3v) is 2.84. The summed E-state index contributed by atoms with van der Waals surface area (Å²) in [6, 6.07) is -0.685. The quantitative estimate of drug-likeness (QED) is 0.330. The normalized spacial score (nSPS) is 24.9. The van der Waals surface area contributed by atoms with Gasteiger partial charge in [-0.3, -0.25) is 19.8 Å². The van der Waals surface area contributed by atoms with Crippen molar-refractivity contribution in [1.82, 2.24) is 10.2 Å². The molecule has 0 spiro atoms. The Morgan fingerprint density at radius 2 is 1.94 bits per heavy atom. The molecule has 1 N–H and O–H groups in total. The largest absolute Gasteiger partial charge is 1.00 e. The van der Waals surface area contributed by atoms with E-state index in [-0.39, 0.29) is 29.6 Å². The van der Waals surface area contributed by atoms with E-state index in [1.165, 1.54) is 7.05 Å². The fourth-order valence-electron chi connectivity index (χ4n) is 1.75. The molecule has 0 aromatic rings. The summed E-state index contributed by atoms with van der Waals surface area (Å²) in [6.45, 7) is 7.00. The Morgan fingerprint density at radius 3 is 2.31 bits per heavy atom. The van der Waals surface area contributed by atoms with Crippen molar-refractivity contribution in [2.24, 2.45) is 5.41 Å². The minimum Gasteiger partial charge on any atom is -0.276 e. The van der Waals surface area contributed by atoms with Gasteiger partial charge in [-0.25, -0.2) is 4.79 Å². The molecule has 1 fully saturated rings. The number of nitrogens with one attached hydrogen (secondary N) is 1. The third-order valence-electron chi connectivity index (χ3n) is 2.84. The molecule has 6 heteroatoms. The summed E-state index contributed by atoms with van der Waals surface area (Å²) in [5.41, 5.74) is -0.838. The van der Waals surface area contributed by atoms with Crippen molar-refractivity contribution in [3.8, 4) is 0 Å². The Morgan fingerprint density at radius 1 is 1.44 bits per heavy atom. The first-order valence-corrected chi connectivity index (χ1v) is 4.67. The molecular weight excluding hydrogens is 219 g/mol. The van der Waals surface area contributed by atoms with E-state index >= 15 is 0 Å². The van der Waals surface area contributed by atoms with Crippen LogP contribution in [0.2, 0.25) is 0 Å². The van der Waals surface area contributed by atoms with Crippen LogP contribution in [-0.2, 0) is 9.59 Å². The number of hydrogen-bond donors (Lipinski definition) is 1. The summed E-state index contributed by atoms with van der Waals surface area (Å²) in [5, 5.41) is 2.15. The first-order chi connectivity index (χ1) is 6.87. The third kappa shape index (κ3) is 1.95. The Bertz CT molecular complexity index is 367. The second-order valence-electron chi connectivity index (χ2n) is 3.66. The number of urea groups is 1. The molecule has 0 radical (unpaired) electrons. The second kappa shape index (κ2) is 5.12. The first kappa shape index (κ1) is 15.3. The maximum atomic E-state index is 11.9. The summed E-state index contributed by atoms with van der Waals surface area (Å²) >= 11 is 0. The van der Waals surface area contributed by atoms with Gasteiger partial charge in [0.2, 0.25) is 11.8 Å². The van der Waals surface area contributed by atoms with E-state index in [1.54, 1.807) is 13.8 Å². The van der Waals surface area contributed by atoms with Crippen LogP contribution in [0, 0.1) is 5.41 Å². The van der Waals surface area contributed by atoms with Gasteiger partial charge < -0.3 is 0 Å². The van der Waals surface area contributed by atoms with Gasteiger partial charge >= 0.3 is 35.6 Å². The molecule has 1 aliphatic rings. The minimum absolute atomic E-state index is 0. The number of rotatable bonds is 2. The average Bonchev–Trinajstić information content (AvgIpc) is 2.15. The monoisotopic (exact) mass is 233 g/mol. The number of hydrogen-bond acceptors (Lipinski definition) is 3. The van der Waals surface area contributed by atoms with Crippen molar-refractivity contribution in [1.29, 1.82) is 0 Å². The Balaban J connectivity index is 0.00000225. The second-order valence-corrected chi connectivity index (χ2v) is 3.66. The number of carbonyl (C=O) groups is 3. The summed E-state index contributed by atoms with van der Waals surface area (Å²) in [6.07, 6.45) is 0.296. The van der Waals surface area contributed by atoms with Crippen LogP contribution in [0.1, 0.15) is 20.3 Å². The average molecular weight is 233 g/mol. The smallest absolute Gasteiger partial charge is 0.276 e. The fraction of sp³-hybridized carbons (Fsp3) is 0.500. The van der Waals surface area contributed by atoms with Crippen LogP contribution >= 0.6 is 0 Å². The van der Waals surface area contributed by atoms with Crippen molar-refractivity contribution >= 4 is 17.8 Å². The summed E-state index contributed by atoms with van der Waals surface area (Å²) in [7, 11) is 1.34. The Kier molecular flexibility index (Phi) is 4.91. The number of nitrogens with zero attached hydrogens (tertiary/aromatic N) is 1. The minimum atomic E-state index is -1.29. The predicted octanol–water partition coefficient (Wildman–Crippen LogP) is -2.33. The molecule has 0 bridgehead atoms. The molecule has 16 heavy (non-hydrogen) atoms. The molecule has 0 saturated carbocycles. The zero-order valence-corrected chi connectivity index (χ0v) is 12.1. The SMILES string of the molecule is C=C(C)C1(CC)C(=O)NC(=O)N(C)C1=O.[Na+]. The Labute approximate surface area is 117 Å². The number of carbonyl (C=O) groups excluding carboxylic acids is 3. The van der Waals surface area contributed by atoms with Crippen molar-refractivity contribution in [2.45, 2.75) is 20.3 Å². The van der Waals surface area contributed by atoms with Crippen molar-refractivity contribution in [2.75, 3.05) is 7.05 Å². The van der Waals surface area contributed by atoms with Gasteiger partial charge in [0.25, 0.3) is 0 Å². The van der Waals surface area contributed by atoms with Gasteiger partial charge in [0.1, 0.15) is 5.41 Å². The van der Waals surface area contributed by atoms with Crippen LogP contribution in [-0.4, -0.2) is 29.8 Å². The van der Waals surface area contributed by atoms with Gasteiger partial charge in [-0.1, -0.05) is 19.1 Å². The van der Waals surface area contributed by atoms with Crippen LogP contribution in [0.3, 0.4) is 0 Å². The molecule has 1 heterocycles. The molecule has 1 saturated heterocycles. The van der Waals surface area contributed by atoms with Crippen molar-refractivity contribution in [3.63, 3.8) is 0 Å². The van der Waals surface area contributed by atoms with E-state index in [1.807, 2.05) is 0 Å². The van der Waals surface area contributed by atoms with Gasteiger partial charge in [0.15, 0.2) is 0 Å². The van der Waals surface area contributed by atoms with E-state index < -0.39 is 23.3 Å². The zero-order valence-electron chi connectivity index (χ0n) is 10.1.